The Morgan fingerprint density at radius 3 is 2.61 bits per heavy atom. The third kappa shape index (κ3) is 6.66. The molecular weight excluding hydrogens is 426 g/mol. The molecule has 2 heterocycles. The second-order valence-corrected chi connectivity index (χ2v) is 8.06. The predicted molar refractivity (Wildman–Crippen MR) is 109 cm³/mol. The average molecular weight is 445 g/mol. The van der Waals surface area contributed by atoms with E-state index in [1.807, 2.05) is 0 Å². The van der Waals surface area contributed by atoms with Crippen molar-refractivity contribution < 1.29 is 31.7 Å². The summed E-state index contributed by atoms with van der Waals surface area (Å²) in [6.45, 7) is 1.23. The smallest absolute Gasteiger partial charge is 0.331 e. The van der Waals surface area contributed by atoms with Gasteiger partial charge in [0, 0.05) is 12.1 Å². The quantitative estimate of drug-likeness (QED) is 0.377. The molecule has 3 aromatic rings. The van der Waals surface area contributed by atoms with E-state index in [4.69, 9.17) is 13.7 Å². The lowest BCUT2D eigenvalue weighted by atomic mass is 10.2. The second kappa shape index (κ2) is 9.87. The van der Waals surface area contributed by atoms with Crippen LogP contribution in [-0.2, 0) is 30.9 Å². The largest absolute Gasteiger partial charge is 0.468 e. The van der Waals surface area contributed by atoms with Crippen molar-refractivity contribution in [3.8, 4) is 0 Å². The molecule has 0 saturated carbocycles. The van der Waals surface area contributed by atoms with Crippen molar-refractivity contribution in [2.75, 3.05) is 11.9 Å². The minimum absolute atomic E-state index is 0.0342. The van der Waals surface area contributed by atoms with E-state index < -0.39 is 28.5 Å². The molecule has 0 fully saturated rings. The predicted octanol–water partition coefficient (Wildman–Crippen LogP) is 2.25. The van der Waals surface area contributed by atoms with Crippen molar-refractivity contribution in [1.29, 1.82) is 0 Å². The zero-order valence-corrected chi connectivity index (χ0v) is 17.2. The van der Waals surface area contributed by atoms with Gasteiger partial charge in [0.1, 0.15) is 5.76 Å². The van der Waals surface area contributed by atoms with Gasteiger partial charge in [0.05, 0.1) is 23.4 Å². The molecule has 0 bridgehead atoms. The zero-order valence-electron chi connectivity index (χ0n) is 16.4. The number of carbonyl (C=O) groups excluding carboxylic acids is 2. The van der Waals surface area contributed by atoms with E-state index in [0.717, 1.165) is 6.08 Å². The molecule has 31 heavy (non-hydrogen) atoms. The van der Waals surface area contributed by atoms with Crippen LogP contribution in [0.15, 0.2) is 68.6 Å². The maximum absolute atomic E-state index is 12.3. The summed E-state index contributed by atoms with van der Waals surface area (Å²) in [6, 6.07) is 10.7. The maximum atomic E-state index is 12.3. The van der Waals surface area contributed by atoms with Crippen LogP contribution >= 0.6 is 0 Å². The Kier molecular flexibility index (Phi) is 7.00. The number of hydrogen-bond acceptors (Lipinski definition) is 8. The molecule has 0 unspecified atom stereocenters. The molecule has 0 radical (unpaired) electrons. The molecule has 162 valence electrons. The van der Waals surface area contributed by atoms with Crippen molar-refractivity contribution in [3.63, 3.8) is 0 Å². The number of aryl methyl sites for hydroxylation is 1. The molecule has 1 amide bonds. The lowest BCUT2D eigenvalue weighted by Gasteiger charge is -2.05. The molecule has 3 rings (SSSR count). The number of carbonyl (C=O) groups is 2. The highest BCUT2D eigenvalue weighted by molar-refractivity contribution is 7.89. The molecule has 0 atom stereocenters. The van der Waals surface area contributed by atoms with Crippen molar-refractivity contribution >= 4 is 33.9 Å². The number of aromatic nitrogens is 1. The van der Waals surface area contributed by atoms with Gasteiger partial charge in [-0.2, -0.15) is 0 Å². The lowest BCUT2D eigenvalue weighted by molar-refractivity contribution is -0.142. The average Bonchev–Trinajstić information content (AvgIpc) is 3.41. The third-order valence-electron chi connectivity index (χ3n) is 3.85. The van der Waals surface area contributed by atoms with Crippen molar-refractivity contribution in [2.45, 2.75) is 18.4 Å². The highest BCUT2D eigenvalue weighted by Crippen LogP contribution is 2.13. The molecule has 0 saturated heterocycles. The van der Waals surface area contributed by atoms with Gasteiger partial charge >= 0.3 is 5.97 Å². The van der Waals surface area contributed by atoms with E-state index in [9.17, 15) is 18.0 Å². The first-order valence-corrected chi connectivity index (χ1v) is 10.5. The van der Waals surface area contributed by atoms with Gasteiger partial charge in [-0.3, -0.25) is 10.1 Å². The zero-order chi connectivity index (χ0) is 22.3. The van der Waals surface area contributed by atoms with Crippen molar-refractivity contribution in [3.05, 3.63) is 71.8 Å². The van der Waals surface area contributed by atoms with Crippen LogP contribution in [-0.4, -0.2) is 32.1 Å². The van der Waals surface area contributed by atoms with Gasteiger partial charge in [-0.05, 0) is 42.8 Å². The van der Waals surface area contributed by atoms with E-state index >= 15 is 0 Å². The molecule has 2 N–H and O–H groups in total. The van der Waals surface area contributed by atoms with Crippen LogP contribution in [0, 0.1) is 6.92 Å². The summed E-state index contributed by atoms with van der Waals surface area (Å²) in [4.78, 5) is 23.5. The number of rotatable bonds is 9. The molecule has 10 nitrogen and oxygen atoms in total. The second-order valence-electron chi connectivity index (χ2n) is 6.29. The number of ether oxygens (including phenoxy) is 1. The van der Waals surface area contributed by atoms with Gasteiger partial charge in [0.25, 0.3) is 5.91 Å². The van der Waals surface area contributed by atoms with Crippen molar-refractivity contribution in [1.82, 2.24) is 9.88 Å². The van der Waals surface area contributed by atoms with E-state index in [2.05, 4.69) is 15.2 Å². The van der Waals surface area contributed by atoms with E-state index in [0.29, 0.717) is 17.0 Å². The van der Waals surface area contributed by atoms with Crippen LogP contribution in [0.3, 0.4) is 0 Å². The molecule has 2 aromatic heterocycles. The van der Waals surface area contributed by atoms with Crippen LogP contribution < -0.4 is 10.0 Å². The van der Waals surface area contributed by atoms with E-state index in [-0.39, 0.29) is 17.3 Å². The Morgan fingerprint density at radius 1 is 1.19 bits per heavy atom. The van der Waals surface area contributed by atoms with Gasteiger partial charge < -0.3 is 13.7 Å². The fourth-order valence-electron chi connectivity index (χ4n) is 2.37. The van der Waals surface area contributed by atoms with Crippen LogP contribution in [0.25, 0.3) is 6.08 Å². The van der Waals surface area contributed by atoms with Crippen molar-refractivity contribution in [2.24, 2.45) is 0 Å². The fourth-order valence-corrected chi connectivity index (χ4v) is 3.36. The number of furan rings is 1. The number of nitrogens with one attached hydrogen (secondary N) is 2. The fraction of sp³-hybridized carbons (Fsp3) is 0.150. The maximum Gasteiger partial charge on any atom is 0.331 e. The number of anilines is 1. The van der Waals surface area contributed by atoms with Gasteiger partial charge in [-0.15, -0.1) is 0 Å². The molecule has 0 aliphatic rings. The summed E-state index contributed by atoms with van der Waals surface area (Å²) < 4.78 is 41.8. The number of nitrogens with zero attached hydrogens (tertiary/aromatic N) is 1. The van der Waals surface area contributed by atoms with Gasteiger partial charge in [-0.25, -0.2) is 17.9 Å². The Bertz CT molecular complexity index is 1160. The monoisotopic (exact) mass is 445 g/mol. The summed E-state index contributed by atoms with van der Waals surface area (Å²) in [7, 11) is -3.71. The van der Waals surface area contributed by atoms with Crippen LogP contribution in [0.5, 0.6) is 0 Å². The van der Waals surface area contributed by atoms with Gasteiger partial charge in [0.2, 0.25) is 15.9 Å². The Labute approximate surface area is 177 Å². The van der Waals surface area contributed by atoms with E-state index in [1.54, 1.807) is 19.1 Å². The Hall–Kier alpha value is -3.70. The number of esters is 1. The Morgan fingerprint density at radius 2 is 1.97 bits per heavy atom. The molecule has 0 spiro atoms. The summed E-state index contributed by atoms with van der Waals surface area (Å²) in [5, 5.41) is 6.01. The van der Waals surface area contributed by atoms with Gasteiger partial charge in [0.15, 0.2) is 6.61 Å². The minimum atomic E-state index is -3.71. The normalized spacial score (nSPS) is 11.5. The molecular formula is C20H19N3O7S. The number of hydrogen-bond donors (Lipinski definition) is 2. The van der Waals surface area contributed by atoms with Crippen LogP contribution in [0.2, 0.25) is 0 Å². The summed E-state index contributed by atoms with van der Waals surface area (Å²) in [5.74, 6) is -0.663. The first kappa shape index (κ1) is 22.0. The third-order valence-corrected chi connectivity index (χ3v) is 5.27. The molecule has 1 aromatic carbocycles. The number of benzene rings is 1. The molecule has 11 heteroatoms. The Balaban J connectivity index is 1.48. The standard InChI is InChI=1S/C20H19N3O7S/c1-14-11-19(30-23-14)22-18(24)13-29-20(25)9-6-15-4-7-17(8-5-15)31(26,27)21-12-16-3-2-10-28-16/h2-11,21H,12-13H2,1H3,(H,22,24)/b9-6+. The first-order valence-electron chi connectivity index (χ1n) is 9.02. The number of sulfonamides is 1. The summed E-state index contributed by atoms with van der Waals surface area (Å²) in [5.41, 5.74) is 1.17. The highest BCUT2D eigenvalue weighted by Gasteiger charge is 2.14. The lowest BCUT2D eigenvalue weighted by Crippen LogP contribution is -2.22. The van der Waals surface area contributed by atoms with Gasteiger partial charge in [-0.1, -0.05) is 17.3 Å². The summed E-state index contributed by atoms with van der Waals surface area (Å²) >= 11 is 0. The van der Waals surface area contributed by atoms with Crippen LogP contribution in [0.1, 0.15) is 17.0 Å². The minimum Gasteiger partial charge on any atom is -0.468 e. The number of amides is 1. The molecule has 0 aliphatic heterocycles. The summed E-state index contributed by atoms with van der Waals surface area (Å²) in [6.07, 6.45) is 4.02. The van der Waals surface area contributed by atoms with Crippen LogP contribution in [0.4, 0.5) is 5.88 Å². The van der Waals surface area contributed by atoms with E-state index in [1.165, 1.54) is 42.7 Å². The highest BCUT2D eigenvalue weighted by atomic mass is 32.2. The first-order chi connectivity index (χ1) is 14.8. The SMILES string of the molecule is Cc1cc(NC(=O)COC(=O)/C=C/c2ccc(S(=O)(=O)NCc3ccco3)cc2)on1. The topological polar surface area (TPSA) is 141 Å². The molecule has 0 aliphatic carbocycles.